The summed E-state index contributed by atoms with van der Waals surface area (Å²) in [5.41, 5.74) is 1.08. The molecule has 0 saturated heterocycles. The van der Waals surface area contributed by atoms with E-state index in [1.807, 2.05) is 10.8 Å². The zero-order valence-electron chi connectivity index (χ0n) is 8.47. The summed E-state index contributed by atoms with van der Waals surface area (Å²) < 4.78 is 0.964. The molecule has 2 aromatic rings. The lowest BCUT2D eigenvalue weighted by atomic mass is 10.4. The van der Waals surface area contributed by atoms with Crippen molar-refractivity contribution in [2.45, 2.75) is 22.6 Å². The number of aromatic nitrogens is 1. The van der Waals surface area contributed by atoms with Gasteiger partial charge in [0.15, 0.2) is 4.34 Å². The van der Waals surface area contributed by atoms with Gasteiger partial charge in [0.25, 0.3) is 0 Å². The first-order valence-electron chi connectivity index (χ1n) is 4.63. The van der Waals surface area contributed by atoms with Crippen LogP contribution in [0.5, 0.6) is 0 Å². The van der Waals surface area contributed by atoms with Crippen LogP contribution in [0.4, 0.5) is 0 Å². The molecule has 0 aliphatic heterocycles. The van der Waals surface area contributed by atoms with E-state index in [9.17, 15) is 4.79 Å². The Morgan fingerprint density at radius 1 is 1.50 bits per heavy atom. The number of thiazole rings is 1. The second-order valence-electron chi connectivity index (χ2n) is 3.01. The van der Waals surface area contributed by atoms with Crippen molar-refractivity contribution in [2.24, 2.45) is 0 Å². The van der Waals surface area contributed by atoms with Crippen LogP contribution in [0.1, 0.15) is 22.3 Å². The van der Waals surface area contributed by atoms with E-state index in [0.29, 0.717) is 4.88 Å². The van der Waals surface area contributed by atoms with E-state index in [2.05, 4.69) is 11.9 Å². The predicted octanol–water partition coefficient (Wildman–Crippen LogP) is 3.62. The average molecular weight is 271 g/mol. The van der Waals surface area contributed by atoms with Crippen molar-refractivity contribution >= 4 is 40.4 Å². The number of thiophene rings is 1. The summed E-state index contributed by atoms with van der Waals surface area (Å²) in [5.74, 6) is -0.870. The van der Waals surface area contributed by atoms with Gasteiger partial charge in [-0.25, -0.2) is 9.78 Å². The van der Waals surface area contributed by atoms with E-state index in [0.717, 1.165) is 21.3 Å². The number of carbonyl (C=O) groups is 1. The van der Waals surface area contributed by atoms with Gasteiger partial charge in [0.2, 0.25) is 0 Å². The Hall–Kier alpha value is -0.850. The molecular weight excluding hydrogens is 262 g/mol. The quantitative estimate of drug-likeness (QED) is 0.922. The van der Waals surface area contributed by atoms with E-state index in [4.69, 9.17) is 5.11 Å². The molecule has 0 amide bonds. The molecule has 2 heterocycles. The van der Waals surface area contributed by atoms with Crippen LogP contribution in [-0.4, -0.2) is 16.1 Å². The number of nitrogens with zero attached hydrogens (tertiary/aromatic N) is 1. The smallest absolute Gasteiger partial charge is 0.345 e. The Bertz CT molecular complexity index is 504. The lowest BCUT2D eigenvalue weighted by Gasteiger charge is -1.90. The summed E-state index contributed by atoms with van der Waals surface area (Å²) in [6.07, 6.45) is 0.932. The monoisotopic (exact) mass is 271 g/mol. The van der Waals surface area contributed by atoms with Gasteiger partial charge in [-0.1, -0.05) is 18.7 Å². The summed E-state index contributed by atoms with van der Waals surface area (Å²) in [6.45, 7) is 2.07. The predicted molar refractivity (Wildman–Crippen MR) is 66.9 cm³/mol. The lowest BCUT2D eigenvalue weighted by molar-refractivity contribution is 0.0702. The van der Waals surface area contributed by atoms with Crippen LogP contribution in [0.25, 0.3) is 0 Å². The van der Waals surface area contributed by atoms with E-state index < -0.39 is 5.97 Å². The number of aromatic carboxylic acids is 1. The van der Waals surface area contributed by atoms with Crippen LogP contribution < -0.4 is 0 Å². The number of hydrogen-bond donors (Lipinski definition) is 1. The number of carboxylic acids is 1. The summed E-state index contributed by atoms with van der Waals surface area (Å²) in [4.78, 5) is 16.4. The molecule has 0 saturated carbocycles. The molecule has 0 fully saturated rings. The van der Waals surface area contributed by atoms with Crippen LogP contribution in [0, 0.1) is 0 Å². The fourth-order valence-electron chi connectivity index (χ4n) is 1.08. The summed E-state index contributed by atoms with van der Waals surface area (Å²) in [5, 5.41) is 12.7. The number of carboxylic acid groups (broad SMARTS) is 1. The highest BCUT2D eigenvalue weighted by molar-refractivity contribution is 8.01. The molecule has 0 atom stereocenters. The second kappa shape index (κ2) is 4.99. The molecule has 1 N–H and O–H groups in total. The van der Waals surface area contributed by atoms with Crippen LogP contribution in [-0.2, 0) is 6.42 Å². The summed E-state index contributed by atoms with van der Waals surface area (Å²) in [6, 6.07) is 1.69. The van der Waals surface area contributed by atoms with Gasteiger partial charge >= 0.3 is 5.97 Å². The van der Waals surface area contributed by atoms with Crippen molar-refractivity contribution in [1.29, 1.82) is 0 Å². The third kappa shape index (κ3) is 2.63. The van der Waals surface area contributed by atoms with Crippen molar-refractivity contribution in [2.75, 3.05) is 0 Å². The third-order valence-electron chi connectivity index (χ3n) is 1.88. The zero-order valence-corrected chi connectivity index (χ0v) is 10.9. The molecule has 0 spiro atoms. The number of rotatable bonds is 4. The highest BCUT2D eigenvalue weighted by Gasteiger charge is 2.09. The first-order valence-corrected chi connectivity index (χ1v) is 7.20. The van der Waals surface area contributed by atoms with Crippen molar-refractivity contribution in [1.82, 2.24) is 4.98 Å². The maximum Gasteiger partial charge on any atom is 0.345 e. The maximum absolute atomic E-state index is 10.7. The largest absolute Gasteiger partial charge is 0.477 e. The first kappa shape index (κ1) is 11.6. The highest BCUT2D eigenvalue weighted by Crippen LogP contribution is 2.33. The zero-order chi connectivity index (χ0) is 11.5. The third-order valence-corrected chi connectivity index (χ3v) is 4.91. The van der Waals surface area contributed by atoms with Crippen molar-refractivity contribution in [3.63, 3.8) is 0 Å². The Labute approximate surface area is 105 Å². The Morgan fingerprint density at radius 2 is 2.31 bits per heavy atom. The summed E-state index contributed by atoms with van der Waals surface area (Å²) in [7, 11) is 0. The van der Waals surface area contributed by atoms with E-state index in [1.54, 1.807) is 17.4 Å². The number of hydrogen-bond acceptors (Lipinski definition) is 5. The molecule has 0 aliphatic rings. The fraction of sp³-hybridized carbons (Fsp3) is 0.200. The van der Waals surface area contributed by atoms with Crippen LogP contribution in [0.15, 0.2) is 26.1 Å². The molecule has 0 aromatic carbocycles. The molecule has 16 heavy (non-hydrogen) atoms. The molecule has 3 nitrogen and oxygen atoms in total. The normalized spacial score (nSPS) is 10.6. The van der Waals surface area contributed by atoms with Gasteiger partial charge in [0.1, 0.15) is 4.88 Å². The Balaban J connectivity index is 2.11. The molecule has 0 aliphatic carbocycles. The van der Waals surface area contributed by atoms with Crippen LogP contribution in [0.2, 0.25) is 0 Å². The lowest BCUT2D eigenvalue weighted by Crippen LogP contribution is -1.89. The van der Waals surface area contributed by atoms with E-state index in [-0.39, 0.29) is 0 Å². The van der Waals surface area contributed by atoms with Gasteiger partial charge in [0, 0.05) is 15.7 Å². The maximum atomic E-state index is 10.7. The standard InChI is InChI=1S/C10H9NO2S3/c1-2-6-4-15-10(11-6)16-7-3-8(9(12)13)14-5-7/h3-5H,2H2,1H3,(H,12,13). The molecule has 0 radical (unpaired) electrons. The Kier molecular flexibility index (Phi) is 3.63. The second-order valence-corrected chi connectivity index (χ2v) is 6.10. The highest BCUT2D eigenvalue weighted by atomic mass is 32.2. The van der Waals surface area contributed by atoms with Crippen molar-refractivity contribution < 1.29 is 9.90 Å². The average Bonchev–Trinajstić information content (AvgIpc) is 2.87. The van der Waals surface area contributed by atoms with Gasteiger partial charge in [-0.05, 0) is 12.5 Å². The minimum Gasteiger partial charge on any atom is -0.477 e. The Morgan fingerprint density at radius 3 is 2.88 bits per heavy atom. The molecule has 84 valence electrons. The van der Waals surface area contributed by atoms with E-state index in [1.165, 1.54) is 23.1 Å². The fourth-order valence-corrected chi connectivity index (χ4v) is 3.89. The summed E-state index contributed by atoms with van der Waals surface area (Å²) >= 11 is 4.36. The van der Waals surface area contributed by atoms with Gasteiger partial charge in [0.05, 0.1) is 5.69 Å². The number of aryl methyl sites for hydroxylation is 1. The van der Waals surface area contributed by atoms with Crippen molar-refractivity contribution in [3.05, 3.63) is 27.4 Å². The van der Waals surface area contributed by atoms with Gasteiger partial charge in [-0.3, -0.25) is 0 Å². The minimum absolute atomic E-state index is 0.370. The van der Waals surface area contributed by atoms with Crippen LogP contribution in [0.3, 0.4) is 0 Å². The van der Waals surface area contributed by atoms with Crippen molar-refractivity contribution in [3.8, 4) is 0 Å². The molecule has 2 rings (SSSR count). The topological polar surface area (TPSA) is 50.2 Å². The van der Waals surface area contributed by atoms with E-state index >= 15 is 0 Å². The SMILES string of the molecule is CCc1csc(Sc2csc(C(=O)O)c2)n1. The van der Waals surface area contributed by atoms with Gasteiger partial charge in [-0.2, -0.15) is 0 Å². The van der Waals surface area contributed by atoms with Crippen LogP contribution >= 0.6 is 34.4 Å². The molecular formula is C10H9NO2S3. The molecule has 0 bridgehead atoms. The molecule has 0 unspecified atom stereocenters. The first-order chi connectivity index (χ1) is 7.69. The molecule has 6 heteroatoms. The van der Waals surface area contributed by atoms with Gasteiger partial charge in [-0.15, -0.1) is 22.7 Å². The minimum atomic E-state index is -0.870. The van der Waals surface area contributed by atoms with Gasteiger partial charge < -0.3 is 5.11 Å². The molecule has 2 aromatic heterocycles.